The molecule has 23 heavy (non-hydrogen) atoms. The molecule has 0 aliphatic rings. The first-order valence-corrected chi connectivity index (χ1v) is 9.50. The molecule has 1 aromatic rings. The molecule has 0 aliphatic heterocycles. The van der Waals surface area contributed by atoms with Gasteiger partial charge in [0.15, 0.2) is 0 Å². The van der Waals surface area contributed by atoms with E-state index in [0.717, 1.165) is 12.8 Å². The monoisotopic (exact) mass is 318 g/mol. The van der Waals surface area contributed by atoms with Crippen molar-refractivity contribution in [1.82, 2.24) is 0 Å². The van der Waals surface area contributed by atoms with E-state index in [2.05, 4.69) is 31.2 Å². The van der Waals surface area contributed by atoms with E-state index < -0.39 is 5.97 Å². The molecule has 0 radical (unpaired) electrons. The van der Waals surface area contributed by atoms with Crippen LogP contribution in [0.25, 0.3) is 0 Å². The Morgan fingerprint density at radius 2 is 1.43 bits per heavy atom. The van der Waals surface area contributed by atoms with Crippen molar-refractivity contribution in [2.24, 2.45) is 0 Å². The predicted molar refractivity (Wildman–Crippen MR) is 97.9 cm³/mol. The van der Waals surface area contributed by atoms with Gasteiger partial charge in [-0.15, -0.1) is 0 Å². The van der Waals surface area contributed by atoms with Crippen LogP contribution in [-0.4, -0.2) is 11.1 Å². The lowest BCUT2D eigenvalue weighted by atomic mass is 9.88. The first-order chi connectivity index (χ1) is 11.2. The van der Waals surface area contributed by atoms with Crippen LogP contribution in [0.15, 0.2) is 30.3 Å². The topological polar surface area (TPSA) is 37.3 Å². The maximum atomic E-state index is 10.7. The van der Waals surface area contributed by atoms with Crippen molar-refractivity contribution >= 4 is 5.97 Å². The molecule has 0 amide bonds. The molecule has 1 atom stereocenters. The largest absolute Gasteiger partial charge is 0.481 e. The third-order valence-corrected chi connectivity index (χ3v) is 4.62. The van der Waals surface area contributed by atoms with Gasteiger partial charge in [0.2, 0.25) is 0 Å². The highest BCUT2D eigenvalue weighted by Gasteiger charge is 2.11. The summed E-state index contributed by atoms with van der Waals surface area (Å²) < 4.78 is 0. The maximum absolute atomic E-state index is 10.7. The SMILES string of the molecule is CCCCCCCCCCC(CCCC(=O)O)c1ccccc1. The van der Waals surface area contributed by atoms with E-state index in [1.165, 1.54) is 63.4 Å². The van der Waals surface area contributed by atoms with E-state index in [0.29, 0.717) is 12.3 Å². The van der Waals surface area contributed by atoms with Gasteiger partial charge in [0.25, 0.3) is 0 Å². The molecule has 2 heteroatoms. The Balaban J connectivity index is 2.25. The fourth-order valence-corrected chi connectivity index (χ4v) is 3.23. The summed E-state index contributed by atoms with van der Waals surface area (Å²) in [5.74, 6) is -0.153. The standard InChI is InChI=1S/C21H34O2/c1-2-3-4-5-6-7-8-10-14-20(17-13-18-21(22)23)19-15-11-9-12-16-19/h9,11-12,15-16,20H,2-8,10,13-14,17-18H2,1H3,(H,22,23). The van der Waals surface area contributed by atoms with Gasteiger partial charge in [0, 0.05) is 6.42 Å². The molecular formula is C21H34O2. The third kappa shape index (κ3) is 10.1. The zero-order chi connectivity index (χ0) is 16.8. The molecule has 0 heterocycles. The van der Waals surface area contributed by atoms with Crippen LogP contribution in [0, 0.1) is 0 Å². The Hall–Kier alpha value is -1.31. The average molecular weight is 319 g/mol. The number of aliphatic carboxylic acids is 1. The number of carbonyl (C=O) groups is 1. The fraction of sp³-hybridized carbons (Fsp3) is 0.667. The van der Waals surface area contributed by atoms with Crippen LogP contribution in [0.4, 0.5) is 0 Å². The summed E-state index contributed by atoms with van der Waals surface area (Å²) in [6.07, 6.45) is 14.0. The van der Waals surface area contributed by atoms with Crippen molar-refractivity contribution in [3.05, 3.63) is 35.9 Å². The highest BCUT2D eigenvalue weighted by molar-refractivity contribution is 5.66. The Labute approximate surface area is 142 Å². The molecule has 1 unspecified atom stereocenters. The van der Waals surface area contributed by atoms with Gasteiger partial charge in [-0.05, 0) is 30.7 Å². The summed E-state index contributed by atoms with van der Waals surface area (Å²) in [7, 11) is 0. The number of hydrogen-bond acceptors (Lipinski definition) is 1. The Kier molecular flexibility index (Phi) is 11.3. The number of unbranched alkanes of at least 4 members (excludes halogenated alkanes) is 7. The van der Waals surface area contributed by atoms with Gasteiger partial charge in [-0.25, -0.2) is 0 Å². The second kappa shape index (κ2) is 13.2. The molecule has 0 saturated carbocycles. The summed E-state index contributed by atoms with van der Waals surface area (Å²) in [6, 6.07) is 10.6. The number of carboxylic acid groups (broad SMARTS) is 1. The number of hydrogen-bond donors (Lipinski definition) is 1. The highest BCUT2D eigenvalue weighted by Crippen LogP contribution is 2.28. The zero-order valence-electron chi connectivity index (χ0n) is 14.8. The Bertz CT molecular complexity index is 400. The van der Waals surface area contributed by atoms with Gasteiger partial charge >= 0.3 is 5.97 Å². The van der Waals surface area contributed by atoms with Gasteiger partial charge in [-0.3, -0.25) is 4.79 Å². The summed E-state index contributed by atoms with van der Waals surface area (Å²) >= 11 is 0. The molecule has 1 aromatic carbocycles. The molecule has 0 spiro atoms. The van der Waals surface area contributed by atoms with Gasteiger partial charge in [0.1, 0.15) is 0 Å². The zero-order valence-corrected chi connectivity index (χ0v) is 14.8. The average Bonchev–Trinajstić information content (AvgIpc) is 2.56. The highest BCUT2D eigenvalue weighted by atomic mass is 16.4. The molecule has 0 bridgehead atoms. The fourth-order valence-electron chi connectivity index (χ4n) is 3.23. The Morgan fingerprint density at radius 3 is 2.04 bits per heavy atom. The van der Waals surface area contributed by atoms with Crippen molar-refractivity contribution in [3.8, 4) is 0 Å². The minimum atomic E-state index is -0.677. The molecule has 130 valence electrons. The molecule has 1 rings (SSSR count). The quantitative estimate of drug-likeness (QED) is 0.395. The molecule has 0 aromatic heterocycles. The molecule has 0 aliphatic carbocycles. The van der Waals surface area contributed by atoms with Crippen molar-refractivity contribution in [3.63, 3.8) is 0 Å². The number of benzene rings is 1. The summed E-state index contributed by atoms with van der Waals surface area (Å²) in [6.45, 7) is 2.26. The Morgan fingerprint density at radius 1 is 0.870 bits per heavy atom. The first-order valence-electron chi connectivity index (χ1n) is 9.50. The van der Waals surface area contributed by atoms with Gasteiger partial charge < -0.3 is 5.11 Å². The molecule has 1 N–H and O–H groups in total. The summed E-state index contributed by atoms with van der Waals surface area (Å²) in [4.78, 5) is 10.7. The lowest BCUT2D eigenvalue weighted by Gasteiger charge is -2.17. The minimum absolute atomic E-state index is 0.292. The van der Waals surface area contributed by atoms with Gasteiger partial charge in [-0.2, -0.15) is 0 Å². The number of rotatable bonds is 14. The molecule has 0 saturated heterocycles. The smallest absolute Gasteiger partial charge is 0.303 e. The van der Waals surface area contributed by atoms with E-state index in [-0.39, 0.29) is 0 Å². The van der Waals surface area contributed by atoms with E-state index in [1.54, 1.807) is 0 Å². The van der Waals surface area contributed by atoms with E-state index in [1.807, 2.05) is 6.07 Å². The normalized spacial score (nSPS) is 12.2. The van der Waals surface area contributed by atoms with Crippen LogP contribution in [-0.2, 0) is 4.79 Å². The van der Waals surface area contributed by atoms with Crippen molar-refractivity contribution in [2.45, 2.75) is 89.9 Å². The van der Waals surface area contributed by atoms with Gasteiger partial charge in [0.05, 0.1) is 0 Å². The summed E-state index contributed by atoms with van der Waals surface area (Å²) in [5.41, 5.74) is 1.38. The van der Waals surface area contributed by atoms with Crippen LogP contribution in [0.2, 0.25) is 0 Å². The maximum Gasteiger partial charge on any atom is 0.303 e. The lowest BCUT2D eigenvalue weighted by molar-refractivity contribution is -0.137. The van der Waals surface area contributed by atoms with Crippen LogP contribution in [0.1, 0.15) is 95.5 Å². The van der Waals surface area contributed by atoms with Crippen molar-refractivity contribution in [1.29, 1.82) is 0 Å². The van der Waals surface area contributed by atoms with E-state index in [4.69, 9.17) is 5.11 Å². The second-order valence-electron chi connectivity index (χ2n) is 6.66. The van der Waals surface area contributed by atoms with Crippen LogP contribution in [0.3, 0.4) is 0 Å². The van der Waals surface area contributed by atoms with E-state index >= 15 is 0 Å². The van der Waals surface area contributed by atoms with E-state index in [9.17, 15) is 4.79 Å². The summed E-state index contributed by atoms with van der Waals surface area (Å²) in [5, 5.41) is 8.83. The predicted octanol–water partition coefficient (Wildman–Crippen LogP) is 6.56. The number of carboxylic acids is 1. The molecular weight excluding hydrogens is 284 g/mol. The molecule has 0 fully saturated rings. The van der Waals surface area contributed by atoms with Crippen LogP contribution >= 0.6 is 0 Å². The van der Waals surface area contributed by atoms with Gasteiger partial charge in [-0.1, -0.05) is 88.6 Å². The minimum Gasteiger partial charge on any atom is -0.481 e. The van der Waals surface area contributed by atoms with Crippen LogP contribution in [0.5, 0.6) is 0 Å². The second-order valence-corrected chi connectivity index (χ2v) is 6.66. The molecule has 2 nitrogen and oxygen atoms in total. The third-order valence-electron chi connectivity index (χ3n) is 4.62. The van der Waals surface area contributed by atoms with Crippen molar-refractivity contribution in [2.75, 3.05) is 0 Å². The van der Waals surface area contributed by atoms with Crippen molar-refractivity contribution < 1.29 is 9.90 Å². The first kappa shape index (κ1) is 19.7. The lowest BCUT2D eigenvalue weighted by Crippen LogP contribution is -2.02. The van der Waals surface area contributed by atoms with Crippen LogP contribution < -0.4 is 0 Å².